The van der Waals surface area contributed by atoms with Gasteiger partial charge in [-0.25, -0.2) is 0 Å². The van der Waals surface area contributed by atoms with Crippen molar-refractivity contribution in [3.05, 3.63) is 60.2 Å². The molecule has 21 heavy (non-hydrogen) atoms. The van der Waals surface area contributed by atoms with Crippen molar-refractivity contribution in [2.45, 2.75) is 10.1 Å². The number of thioether (sulfide) groups is 1. The van der Waals surface area contributed by atoms with Gasteiger partial charge >= 0.3 is 0 Å². The van der Waals surface area contributed by atoms with E-state index >= 15 is 0 Å². The first-order valence-corrected chi connectivity index (χ1v) is 8.22. The molecule has 0 unspecified atom stereocenters. The van der Waals surface area contributed by atoms with E-state index in [0.29, 0.717) is 0 Å². The fourth-order valence-corrected chi connectivity index (χ4v) is 3.45. The molecule has 0 saturated heterocycles. The van der Waals surface area contributed by atoms with Crippen LogP contribution in [0.3, 0.4) is 0 Å². The molecule has 0 atom stereocenters. The van der Waals surface area contributed by atoms with Gasteiger partial charge in [-0.15, -0.1) is 10.2 Å². The third-order valence-corrected chi connectivity index (χ3v) is 4.82. The molecule has 3 N–H and O–H groups in total. The average Bonchev–Trinajstić information content (AvgIpc) is 2.95. The van der Waals surface area contributed by atoms with Crippen molar-refractivity contribution in [3.63, 3.8) is 0 Å². The number of rotatable bonds is 5. The monoisotopic (exact) mass is 314 g/mol. The van der Waals surface area contributed by atoms with Crippen LogP contribution in [0.4, 0.5) is 16.5 Å². The molecule has 0 fully saturated rings. The van der Waals surface area contributed by atoms with Gasteiger partial charge in [-0.05, 0) is 29.8 Å². The van der Waals surface area contributed by atoms with Crippen LogP contribution in [0.2, 0.25) is 0 Å². The molecule has 4 nitrogen and oxygen atoms in total. The molecule has 2 aromatic carbocycles. The molecule has 106 valence electrons. The van der Waals surface area contributed by atoms with E-state index in [1.165, 1.54) is 5.56 Å². The van der Waals surface area contributed by atoms with E-state index in [4.69, 9.17) is 5.73 Å². The molecular formula is C15H14N4S2. The Morgan fingerprint density at radius 1 is 1.00 bits per heavy atom. The Balaban J connectivity index is 1.59. The zero-order chi connectivity index (χ0) is 14.5. The molecule has 1 heterocycles. The number of aromatic nitrogens is 2. The van der Waals surface area contributed by atoms with Gasteiger partial charge in [-0.1, -0.05) is 53.4 Å². The van der Waals surface area contributed by atoms with Gasteiger partial charge in [0.2, 0.25) is 5.13 Å². The van der Waals surface area contributed by atoms with Crippen LogP contribution in [0.15, 0.2) is 58.9 Å². The van der Waals surface area contributed by atoms with Crippen LogP contribution in [-0.2, 0) is 5.75 Å². The minimum atomic E-state index is 0.786. The Kier molecular flexibility index (Phi) is 4.37. The van der Waals surface area contributed by atoms with Gasteiger partial charge in [0.25, 0.3) is 0 Å². The van der Waals surface area contributed by atoms with Crippen molar-refractivity contribution in [1.82, 2.24) is 10.2 Å². The summed E-state index contributed by atoms with van der Waals surface area (Å²) in [6.07, 6.45) is 0. The van der Waals surface area contributed by atoms with E-state index < -0.39 is 0 Å². The standard InChI is InChI=1S/C15H14N4S2/c16-12-8-6-11(7-9-12)10-20-15-19-18-14(21-15)17-13-4-2-1-3-5-13/h1-9H,10,16H2,(H,17,18). The van der Waals surface area contributed by atoms with Crippen molar-refractivity contribution < 1.29 is 0 Å². The first kappa shape index (κ1) is 13.9. The minimum Gasteiger partial charge on any atom is -0.399 e. The molecule has 0 saturated carbocycles. The number of hydrogen-bond acceptors (Lipinski definition) is 6. The minimum absolute atomic E-state index is 0.786. The summed E-state index contributed by atoms with van der Waals surface area (Å²) < 4.78 is 0.949. The van der Waals surface area contributed by atoms with Crippen LogP contribution in [0.5, 0.6) is 0 Å². The summed E-state index contributed by atoms with van der Waals surface area (Å²) in [7, 11) is 0. The average molecular weight is 314 g/mol. The molecule has 0 aliphatic heterocycles. The Bertz CT molecular complexity index is 695. The highest BCUT2D eigenvalue weighted by atomic mass is 32.2. The number of nitrogens with zero attached hydrogens (tertiary/aromatic N) is 2. The number of nitrogens with one attached hydrogen (secondary N) is 1. The third kappa shape index (κ3) is 3.96. The summed E-state index contributed by atoms with van der Waals surface area (Å²) in [4.78, 5) is 0. The van der Waals surface area contributed by atoms with E-state index in [9.17, 15) is 0 Å². The number of para-hydroxylation sites is 1. The predicted molar refractivity (Wildman–Crippen MR) is 90.0 cm³/mol. The molecule has 3 aromatic rings. The predicted octanol–water partition coefficient (Wildman–Crippen LogP) is 4.16. The number of nitrogens with two attached hydrogens (primary N) is 1. The molecule has 6 heteroatoms. The van der Waals surface area contributed by atoms with Gasteiger partial charge in [0.05, 0.1) is 0 Å². The lowest BCUT2D eigenvalue weighted by Gasteiger charge is -2.00. The Labute approximate surface area is 131 Å². The first-order chi connectivity index (χ1) is 10.3. The second-order valence-corrected chi connectivity index (χ2v) is 6.59. The molecule has 0 bridgehead atoms. The highest BCUT2D eigenvalue weighted by molar-refractivity contribution is 8.00. The van der Waals surface area contributed by atoms with Crippen molar-refractivity contribution in [3.8, 4) is 0 Å². The van der Waals surface area contributed by atoms with Gasteiger partial charge in [0.1, 0.15) is 0 Å². The zero-order valence-corrected chi connectivity index (χ0v) is 12.8. The highest BCUT2D eigenvalue weighted by Gasteiger charge is 2.05. The van der Waals surface area contributed by atoms with Crippen LogP contribution < -0.4 is 11.1 Å². The van der Waals surface area contributed by atoms with E-state index in [1.807, 2.05) is 54.6 Å². The topological polar surface area (TPSA) is 63.8 Å². The van der Waals surface area contributed by atoms with E-state index in [1.54, 1.807) is 23.1 Å². The van der Waals surface area contributed by atoms with Gasteiger partial charge in [-0.2, -0.15) is 0 Å². The van der Waals surface area contributed by atoms with Crippen LogP contribution in [0.25, 0.3) is 0 Å². The lowest BCUT2D eigenvalue weighted by molar-refractivity contribution is 1.01. The molecule has 0 amide bonds. The second kappa shape index (κ2) is 6.60. The van der Waals surface area contributed by atoms with Crippen molar-refractivity contribution >= 4 is 39.6 Å². The number of nitrogen functional groups attached to an aromatic ring is 1. The maximum atomic E-state index is 5.68. The Hall–Kier alpha value is -2.05. The molecule has 0 aliphatic rings. The summed E-state index contributed by atoms with van der Waals surface area (Å²) in [6, 6.07) is 17.9. The molecule has 0 spiro atoms. The fourth-order valence-electron chi connectivity index (χ4n) is 1.72. The maximum absolute atomic E-state index is 5.68. The molecule has 0 aliphatic carbocycles. The van der Waals surface area contributed by atoms with E-state index in [-0.39, 0.29) is 0 Å². The van der Waals surface area contributed by atoms with Gasteiger partial charge in [0.15, 0.2) is 4.34 Å². The zero-order valence-electron chi connectivity index (χ0n) is 11.2. The highest BCUT2D eigenvalue weighted by Crippen LogP contribution is 2.29. The van der Waals surface area contributed by atoms with E-state index in [0.717, 1.165) is 26.6 Å². The molecular weight excluding hydrogens is 300 g/mol. The summed E-state index contributed by atoms with van der Waals surface area (Å²) in [6.45, 7) is 0. The quantitative estimate of drug-likeness (QED) is 0.547. The second-order valence-electron chi connectivity index (χ2n) is 4.39. The van der Waals surface area contributed by atoms with Gasteiger partial charge in [0, 0.05) is 17.1 Å². The van der Waals surface area contributed by atoms with Crippen molar-refractivity contribution in [1.29, 1.82) is 0 Å². The van der Waals surface area contributed by atoms with Crippen LogP contribution >= 0.6 is 23.1 Å². The summed E-state index contributed by atoms with van der Waals surface area (Å²) in [5.74, 6) is 0.861. The molecule has 3 rings (SSSR count). The normalized spacial score (nSPS) is 10.5. The fraction of sp³-hybridized carbons (Fsp3) is 0.0667. The van der Waals surface area contributed by atoms with Gasteiger partial charge < -0.3 is 11.1 Å². The Morgan fingerprint density at radius 2 is 1.76 bits per heavy atom. The molecule has 1 aromatic heterocycles. The van der Waals surface area contributed by atoms with Crippen LogP contribution in [0, 0.1) is 0 Å². The maximum Gasteiger partial charge on any atom is 0.210 e. The number of hydrogen-bond donors (Lipinski definition) is 2. The first-order valence-electron chi connectivity index (χ1n) is 6.42. The van der Waals surface area contributed by atoms with Gasteiger partial charge in [-0.3, -0.25) is 0 Å². The number of benzene rings is 2. The summed E-state index contributed by atoms with van der Waals surface area (Å²) >= 11 is 3.23. The Morgan fingerprint density at radius 3 is 2.52 bits per heavy atom. The smallest absolute Gasteiger partial charge is 0.210 e. The van der Waals surface area contributed by atoms with Crippen LogP contribution in [-0.4, -0.2) is 10.2 Å². The lowest BCUT2D eigenvalue weighted by Crippen LogP contribution is -1.87. The van der Waals surface area contributed by atoms with Crippen molar-refractivity contribution in [2.24, 2.45) is 0 Å². The largest absolute Gasteiger partial charge is 0.399 e. The lowest BCUT2D eigenvalue weighted by atomic mass is 10.2. The van der Waals surface area contributed by atoms with Crippen molar-refractivity contribution in [2.75, 3.05) is 11.1 Å². The molecule has 0 radical (unpaired) electrons. The van der Waals surface area contributed by atoms with Crippen LogP contribution in [0.1, 0.15) is 5.56 Å². The number of anilines is 3. The summed E-state index contributed by atoms with van der Waals surface area (Å²) in [5.41, 5.74) is 8.70. The third-order valence-electron chi connectivity index (χ3n) is 2.77. The summed E-state index contributed by atoms with van der Waals surface area (Å²) in [5, 5.41) is 12.4. The van der Waals surface area contributed by atoms with E-state index in [2.05, 4.69) is 15.5 Å². The SMILES string of the molecule is Nc1ccc(CSc2nnc(Nc3ccccc3)s2)cc1.